The zero-order valence-corrected chi connectivity index (χ0v) is 58.5. The van der Waals surface area contributed by atoms with Crippen LogP contribution >= 0.6 is 143 Å². The van der Waals surface area contributed by atoms with E-state index in [1.165, 1.54) is 164 Å². The highest BCUT2D eigenvalue weighted by molar-refractivity contribution is 8.14. The molecule has 2 fully saturated rings. The summed E-state index contributed by atoms with van der Waals surface area (Å²) in [7, 11) is 0. The van der Waals surface area contributed by atoms with E-state index in [0.29, 0.717) is 5.75 Å². The fourth-order valence-electron chi connectivity index (χ4n) is 6.08. The lowest BCUT2D eigenvalue weighted by Crippen LogP contribution is -1.95. The van der Waals surface area contributed by atoms with Crippen molar-refractivity contribution in [2.24, 2.45) is 0 Å². The van der Waals surface area contributed by atoms with E-state index in [1.807, 2.05) is 107 Å². The van der Waals surface area contributed by atoms with Crippen LogP contribution in [0.25, 0.3) is 4.91 Å². The SMILES string of the molecule is C1CCSC1.C1CCSCC1.C=C(SCCCSC(=O)c1ccccc1)c1ccccc1.CCCCCS.CCCCS.CSCCCSC.CSCCCSCC=O.c1ccc(CSCCCSCc2ccccc2)cc1. The van der Waals surface area contributed by atoms with Crippen molar-refractivity contribution in [1.82, 2.24) is 0 Å². The van der Waals surface area contributed by atoms with E-state index in [2.05, 4.69) is 161 Å². The van der Waals surface area contributed by atoms with Crippen LogP contribution in [0.5, 0.6) is 0 Å². The Bertz CT molecular complexity index is 1650. The van der Waals surface area contributed by atoms with Crippen LogP contribution in [0.4, 0.5) is 0 Å². The van der Waals surface area contributed by atoms with Gasteiger partial charge < -0.3 is 4.79 Å². The summed E-state index contributed by atoms with van der Waals surface area (Å²) in [5.74, 6) is 20.0. The van der Waals surface area contributed by atoms with Crippen molar-refractivity contribution in [3.05, 3.63) is 150 Å². The number of carbonyl (C=O) groups is 2. The molecule has 2 aliphatic rings. The molecule has 0 saturated carbocycles. The molecule has 0 aliphatic carbocycles. The minimum absolute atomic E-state index is 0.155. The number of aldehydes is 1. The molecule has 2 heterocycles. The molecule has 0 unspecified atom stereocenters. The predicted molar refractivity (Wildman–Crippen MR) is 393 cm³/mol. The Hall–Kier alpha value is 0.160. The van der Waals surface area contributed by atoms with Crippen LogP contribution in [0.1, 0.15) is 131 Å². The van der Waals surface area contributed by atoms with Gasteiger partial charge in [-0.1, -0.05) is 179 Å². The second kappa shape index (κ2) is 69.7. The number of benzene rings is 4. The number of thioether (sulfide) groups is 10. The molecule has 0 atom stereocenters. The van der Waals surface area contributed by atoms with Crippen LogP contribution in [0, 0.1) is 0 Å². The topological polar surface area (TPSA) is 34.1 Å². The highest BCUT2D eigenvalue weighted by Gasteiger charge is 2.06. The number of thiol groups is 2. The minimum Gasteiger partial charge on any atom is -0.302 e. The Morgan fingerprint density at radius 3 is 1.23 bits per heavy atom. The van der Waals surface area contributed by atoms with Crippen molar-refractivity contribution in [1.29, 1.82) is 0 Å². The smallest absolute Gasteiger partial charge is 0.219 e. The number of hydrogen-bond donors (Lipinski definition) is 2. The van der Waals surface area contributed by atoms with Gasteiger partial charge >= 0.3 is 0 Å². The van der Waals surface area contributed by atoms with E-state index >= 15 is 0 Å². The van der Waals surface area contributed by atoms with Gasteiger partial charge in [0.2, 0.25) is 5.12 Å². The van der Waals surface area contributed by atoms with E-state index in [0.717, 1.165) is 63.4 Å². The molecule has 2 aliphatic heterocycles. The molecule has 442 valence electrons. The molecule has 14 heteroatoms. The molecule has 4 aromatic rings. The maximum atomic E-state index is 11.9. The van der Waals surface area contributed by atoms with Crippen LogP contribution in [-0.4, -0.2) is 116 Å². The fourth-order valence-corrected chi connectivity index (χ4v) is 14.8. The van der Waals surface area contributed by atoms with Crippen molar-refractivity contribution >= 4 is 159 Å². The van der Waals surface area contributed by atoms with E-state index in [1.54, 1.807) is 23.5 Å². The lowest BCUT2D eigenvalue weighted by molar-refractivity contribution is -0.105. The lowest BCUT2D eigenvalue weighted by atomic mass is 10.2. The predicted octanol–water partition coefficient (Wildman–Crippen LogP) is 21.6. The Morgan fingerprint density at radius 1 is 0.474 bits per heavy atom. The quantitative estimate of drug-likeness (QED) is 0.0297. The minimum atomic E-state index is 0.155. The molecule has 0 radical (unpaired) electrons. The zero-order valence-electron chi connectivity index (χ0n) is 48.5. The standard InChI is InChI=1S/C18H18OS2.C17H20S2.C6H12OS2.C5H12S2.C5H10S.C5H12S.C4H8S.C4H10S/c1-15(16-9-4-2-5-10-16)20-13-8-14-21-18(19)17-11-6-3-7-12-17;1-3-8-16(9-4-1)14-18-12-7-13-19-15-17-10-5-2-6-11-17;1-8-4-2-5-9-6-3-7;1-6-4-3-5-7-2;1-2-4-6-5-3-1;1-2-3-4-5-6;1-2-4-5-3-1;1-2-3-4-5/h2-7,9-12H,1,8,13-14H2;1-6,8-11H,7,12-15H2;3H,2,4-6H2,1H3;3-5H2,1-2H3;1-5H2;6H,2-5H2,1H3;1-4H2;5H,2-4H2,1H3. The molecule has 6 rings (SSSR count). The highest BCUT2D eigenvalue weighted by atomic mass is 32.2. The number of hydrogen-bond acceptors (Lipinski definition) is 14. The summed E-state index contributed by atoms with van der Waals surface area (Å²) in [6, 6.07) is 41.1. The third-order valence-electron chi connectivity index (χ3n) is 10.4. The summed E-state index contributed by atoms with van der Waals surface area (Å²) in [5.41, 5.74) is 4.83. The summed E-state index contributed by atoms with van der Waals surface area (Å²) in [6.45, 7) is 8.46. The lowest BCUT2D eigenvalue weighted by Gasteiger charge is -2.05. The Morgan fingerprint density at radius 2 is 0.859 bits per heavy atom. The van der Waals surface area contributed by atoms with Crippen LogP contribution in [0.15, 0.2) is 128 Å². The van der Waals surface area contributed by atoms with Crippen LogP contribution in [0.2, 0.25) is 0 Å². The molecule has 4 aromatic carbocycles. The third kappa shape index (κ3) is 60.7. The average molecular weight is 1290 g/mol. The summed E-state index contributed by atoms with van der Waals surface area (Å²) in [5, 5.41) is 0.155. The first-order valence-electron chi connectivity index (χ1n) is 28.1. The summed E-state index contributed by atoms with van der Waals surface area (Å²) in [6.07, 6.45) is 26.0. The Kier molecular flexibility index (Phi) is 71.6. The highest BCUT2D eigenvalue weighted by Crippen LogP contribution is 2.26. The van der Waals surface area contributed by atoms with Gasteiger partial charge in [0.25, 0.3) is 0 Å². The molecule has 2 nitrogen and oxygen atoms in total. The van der Waals surface area contributed by atoms with Crippen LogP contribution in [-0.2, 0) is 16.3 Å². The van der Waals surface area contributed by atoms with Crippen molar-refractivity contribution in [2.45, 2.75) is 115 Å². The van der Waals surface area contributed by atoms with E-state index in [4.69, 9.17) is 0 Å². The van der Waals surface area contributed by atoms with Gasteiger partial charge in [-0.2, -0.15) is 119 Å². The molecular formula is C64H102O2S12. The van der Waals surface area contributed by atoms with E-state index in [9.17, 15) is 9.59 Å². The van der Waals surface area contributed by atoms with Gasteiger partial charge in [0.05, 0.1) is 0 Å². The Balaban J connectivity index is 0. The molecule has 2 saturated heterocycles. The van der Waals surface area contributed by atoms with Crippen molar-refractivity contribution < 1.29 is 9.59 Å². The first kappa shape index (κ1) is 80.2. The number of rotatable bonds is 30. The summed E-state index contributed by atoms with van der Waals surface area (Å²) in [4.78, 5) is 22.8. The molecule has 0 spiro atoms. The van der Waals surface area contributed by atoms with E-state index in [-0.39, 0.29) is 5.12 Å². The van der Waals surface area contributed by atoms with Crippen LogP contribution < -0.4 is 0 Å². The van der Waals surface area contributed by atoms with Gasteiger partial charge in [-0.05, 0) is 174 Å². The van der Waals surface area contributed by atoms with Crippen molar-refractivity contribution in [3.8, 4) is 0 Å². The first-order chi connectivity index (χ1) is 38.4. The molecule has 0 amide bonds. The van der Waals surface area contributed by atoms with Gasteiger partial charge in [0.15, 0.2) is 0 Å². The van der Waals surface area contributed by atoms with Crippen molar-refractivity contribution in [3.63, 3.8) is 0 Å². The van der Waals surface area contributed by atoms with Gasteiger partial charge in [0, 0.05) is 33.5 Å². The molecule has 0 N–H and O–H groups in total. The van der Waals surface area contributed by atoms with Gasteiger partial charge in [-0.25, -0.2) is 0 Å². The molecular weight excluding hydrogens is 1190 g/mol. The van der Waals surface area contributed by atoms with E-state index < -0.39 is 0 Å². The molecule has 0 aromatic heterocycles. The van der Waals surface area contributed by atoms with Crippen molar-refractivity contribution in [2.75, 3.05) is 105 Å². The summed E-state index contributed by atoms with van der Waals surface area (Å²) < 4.78 is 0. The number of unbranched alkanes of at least 4 members (excludes halogenated alkanes) is 3. The fraction of sp³-hybridized carbons (Fsp3) is 0.562. The summed E-state index contributed by atoms with van der Waals surface area (Å²) >= 11 is 26.9. The van der Waals surface area contributed by atoms with Gasteiger partial charge in [-0.3, -0.25) is 4.79 Å². The largest absolute Gasteiger partial charge is 0.302 e. The second-order valence-electron chi connectivity index (χ2n) is 17.4. The maximum Gasteiger partial charge on any atom is 0.219 e. The van der Waals surface area contributed by atoms with Gasteiger partial charge in [0.1, 0.15) is 6.29 Å². The molecule has 78 heavy (non-hydrogen) atoms. The van der Waals surface area contributed by atoms with Gasteiger partial charge in [-0.15, -0.1) is 11.8 Å². The third-order valence-corrected chi connectivity index (χ3v) is 20.7. The zero-order chi connectivity index (χ0) is 57.3. The number of carbonyl (C=O) groups excluding carboxylic acids is 2. The average Bonchev–Trinajstić information content (AvgIpc) is 4.10. The normalized spacial score (nSPS) is 11.9. The molecule has 0 bridgehead atoms. The van der Waals surface area contributed by atoms with Crippen LogP contribution in [0.3, 0.4) is 0 Å². The Labute approximate surface area is 533 Å². The monoisotopic (exact) mass is 1290 g/mol. The first-order valence-corrected chi connectivity index (χ1v) is 41.3. The second-order valence-corrected chi connectivity index (χ2v) is 29.3. The maximum absolute atomic E-state index is 11.9.